The standard InChI is InChI=1S/C13H14F3NO2/c1-3-12(2,11(18)19)17-10(13(14,15)16)9-7-5-4-6-8-9/h4-8H,3H2,1-2H3,(H,18,19)/t12-/m1/s1. The molecule has 104 valence electrons. The lowest BCUT2D eigenvalue weighted by Gasteiger charge is -2.21. The first-order chi connectivity index (χ1) is 8.70. The molecule has 19 heavy (non-hydrogen) atoms. The maximum absolute atomic E-state index is 13.0. The second-order valence-corrected chi connectivity index (χ2v) is 4.26. The second-order valence-electron chi connectivity index (χ2n) is 4.26. The van der Waals surface area contributed by atoms with Gasteiger partial charge in [0.1, 0.15) is 5.71 Å². The summed E-state index contributed by atoms with van der Waals surface area (Å²) in [6.07, 6.45) is -4.73. The lowest BCUT2D eigenvalue weighted by molar-refractivity contribution is -0.142. The van der Waals surface area contributed by atoms with E-state index in [-0.39, 0.29) is 12.0 Å². The quantitative estimate of drug-likeness (QED) is 0.856. The van der Waals surface area contributed by atoms with Crippen molar-refractivity contribution in [3.63, 3.8) is 0 Å². The van der Waals surface area contributed by atoms with Crippen molar-refractivity contribution in [2.24, 2.45) is 4.99 Å². The Bertz CT molecular complexity index is 482. The topological polar surface area (TPSA) is 49.7 Å². The molecule has 1 N–H and O–H groups in total. The van der Waals surface area contributed by atoms with Gasteiger partial charge in [0.05, 0.1) is 0 Å². The molecule has 0 aliphatic rings. The number of carboxylic acid groups (broad SMARTS) is 1. The monoisotopic (exact) mass is 273 g/mol. The number of aliphatic carboxylic acids is 1. The number of hydrogen-bond donors (Lipinski definition) is 1. The van der Waals surface area contributed by atoms with Gasteiger partial charge in [-0.1, -0.05) is 37.3 Å². The van der Waals surface area contributed by atoms with Crippen LogP contribution < -0.4 is 0 Å². The van der Waals surface area contributed by atoms with Gasteiger partial charge in [-0.25, -0.2) is 4.79 Å². The normalized spacial score (nSPS) is 15.9. The highest BCUT2D eigenvalue weighted by Gasteiger charge is 2.41. The molecule has 1 aromatic carbocycles. The summed E-state index contributed by atoms with van der Waals surface area (Å²) in [7, 11) is 0. The largest absolute Gasteiger partial charge is 0.479 e. The number of carbonyl (C=O) groups is 1. The minimum Gasteiger partial charge on any atom is -0.479 e. The zero-order valence-corrected chi connectivity index (χ0v) is 10.5. The van der Waals surface area contributed by atoms with E-state index in [0.717, 1.165) is 0 Å². The summed E-state index contributed by atoms with van der Waals surface area (Å²) in [5.74, 6) is -1.38. The Morgan fingerprint density at radius 3 is 2.16 bits per heavy atom. The van der Waals surface area contributed by atoms with Gasteiger partial charge in [0.2, 0.25) is 0 Å². The molecule has 1 rings (SSSR count). The van der Waals surface area contributed by atoms with Crippen molar-refractivity contribution in [1.29, 1.82) is 0 Å². The summed E-state index contributed by atoms with van der Waals surface area (Å²) >= 11 is 0. The Morgan fingerprint density at radius 1 is 1.26 bits per heavy atom. The van der Waals surface area contributed by atoms with Gasteiger partial charge in [0.25, 0.3) is 0 Å². The molecule has 0 spiro atoms. The highest BCUT2D eigenvalue weighted by Crippen LogP contribution is 2.27. The average molecular weight is 273 g/mol. The highest BCUT2D eigenvalue weighted by molar-refractivity contribution is 6.05. The molecule has 0 saturated carbocycles. The van der Waals surface area contributed by atoms with Gasteiger partial charge in [0.15, 0.2) is 5.54 Å². The first-order valence-electron chi connectivity index (χ1n) is 5.66. The molecule has 1 aromatic rings. The van der Waals surface area contributed by atoms with Crippen LogP contribution in [0.1, 0.15) is 25.8 Å². The number of hydrogen-bond acceptors (Lipinski definition) is 2. The molecule has 0 aliphatic carbocycles. The Labute approximate surface area is 108 Å². The summed E-state index contributed by atoms with van der Waals surface area (Å²) in [5, 5.41) is 9.02. The fourth-order valence-corrected chi connectivity index (χ4v) is 1.41. The molecule has 1 atom stereocenters. The molecule has 0 unspecified atom stereocenters. The molecule has 0 radical (unpaired) electrons. The van der Waals surface area contributed by atoms with E-state index in [4.69, 9.17) is 5.11 Å². The molecule has 0 bridgehead atoms. The minimum atomic E-state index is -4.70. The van der Waals surface area contributed by atoms with E-state index in [2.05, 4.69) is 4.99 Å². The predicted molar refractivity (Wildman–Crippen MR) is 65.4 cm³/mol. The zero-order valence-electron chi connectivity index (χ0n) is 10.5. The number of halogens is 3. The van der Waals surface area contributed by atoms with Crippen molar-refractivity contribution in [2.75, 3.05) is 0 Å². The van der Waals surface area contributed by atoms with Crippen molar-refractivity contribution in [3.8, 4) is 0 Å². The predicted octanol–water partition coefficient (Wildman–Crippen LogP) is 3.29. The Morgan fingerprint density at radius 2 is 1.79 bits per heavy atom. The minimum absolute atomic E-state index is 0.0330. The third-order valence-corrected chi connectivity index (χ3v) is 2.82. The molecule has 0 heterocycles. The first kappa shape index (κ1) is 15.2. The third kappa shape index (κ3) is 3.56. The van der Waals surface area contributed by atoms with Crippen LogP contribution in [0.4, 0.5) is 13.2 Å². The molecule has 0 aromatic heterocycles. The molecule has 6 heteroatoms. The Hall–Kier alpha value is -1.85. The number of nitrogens with zero attached hydrogens (tertiary/aromatic N) is 1. The summed E-state index contributed by atoms with van der Waals surface area (Å²) in [4.78, 5) is 14.5. The van der Waals surface area contributed by atoms with E-state index in [1.165, 1.54) is 38.1 Å². The van der Waals surface area contributed by atoms with Gasteiger partial charge in [0, 0.05) is 5.56 Å². The number of benzene rings is 1. The van der Waals surface area contributed by atoms with Crippen molar-refractivity contribution < 1.29 is 23.1 Å². The second kappa shape index (κ2) is 5.42. The highest BCUT2D eigenvalue weighted by atomic mass is 19.4. The van der Waals surface area contributed by atoms with Crippen LogP contribution in [0.25, 0.3) is 0 Å². The van der Waals surface area contributed by atoms with Gasteiger partial charge in [-0.3, -0.25) is 4.99 Å². The smallest absolute Gasteiger partial charge is 0.433 e. The summed E-state index contributed by atoms with van der Waals surface area (Å²) in [5.41, 5.74) is -3.10. The van der Waals surface area contributed by atoms with Gasteiger partial charge < -0.3 is 5.11 Å². The van der Waals surface area contributed by atoms with E-state index in [1.54, 1.807) is 6.07 Å². The molecular formula is C13H14F3NO2. The van der Waals surface area contributed by atoms with E-state index < -0.39 is 23.4 Å². The van der Waals surface area contributed by atoms with Crippen LogP contribution in [0.2, 0.25) is 0 Å². The SMILES string of the molecule is CC[C@@](C)(N=C(c1ccccc1)C(F)(F)F)C(=O)O. The lowest BCUT2D eigenvalue weighted by atomic mass is 9.99. The molecule has 0 fully saturated rings. The average Bonchev–Trinajstić information content (AvgIpc) is 2.35. The maximum Gasteiger partial charge on any atom is 0.433 e. The number of aliphatic imine (C=N–C) groups is 1. The molecule has 0 aliphatic heterocycles. The molecule has 3 nitrogen and oxygen atoms in total. The number of carboxylic acids is 1. The maximum atomic E-state index is 13.0. The van der Waals surface area contributed by atoms with Crippen molar-refractivity contribution in [2.45, 2.75) is 32.0 Å². The number of alkyl halides is 3. The van der Waals surface area contributed by atoms with Crippen molar-refractivity contribution in [1.82, 2.24) is 0 Å². The van der Waals surface area contributed by atoms with Gasteiger partial charge >= 0.3 is 12.1 Å². The van der Waals surface area contributed by atoms with Crippen LogP contribution in [0.5, 0.6) is 0 Å². The Kier molecular flexibility index (Phi) is 4.34. The fourth-order valence-electron chi connectivity index (χ4n) is 1.41. The van der Waals surface area contributed by atoms with Crippen LogP contribution in [-0.2, 0) is 4.79 Å². The molecule has 0 saturated heterocycles. The van der Waals surface area contributed by atoms with Gasteiger partial charge in [-0.05, 0) is 13.3 Å². The van der Waals surface area contributed by atoms with E-state index in [9.17, 15) is 18.0 Å². The van der Waals surface area contributed by atoms with E-state index in [1.807, 2.05) is 0 Å². The van der Waals surface area contributed by atoms with Crippen LogP contribution in [0, 0.1) is 0 Å². The summed E-state index contributed by atoms with van der Waals surface area (Å²) in [6, 6.07) is 6.98. The van der Waals surface area contributed by atoms with Crippen LogP contribution in [-0.4, -0.2) is 28.5 Å². The third-order valence-electron chi connectivity index (χ3n) is 2.82. The van der Waals surface area contributed by atoms with E-state index in [0.29, 0.717) is 0 Å². The fraction of sp³-hybridized carbons (Fsp3) is 0.385. The Balaban J connectivity index is 3.38. The molecule has 0 amide bonds. The zero-order chi connectivity index (χ0) is 14.7. The van der Waals surface area contributed by atoms with Crippen LogP contribution in [0.15, 0.2) is 35.3 Å². The van der Waals surface area contributed by atoms with Crippen molar-refractivity contribution >= 4 is 11.7 Å². The van der Waals surface area contributed by atoms with Crippen LogP contribution in [0.3, 0.4) is 0 Å². The first-order valence-corrected chi connectivity index (χ1v) is 5.66. The van der Waals surface area contributed by atoms with Crippen molar-refractivity contribution in [3.05, 3.63) is 35.9 Å². The van der Waals surface area contributed by atoms with Gasteiger partial charge in [-0.2, -0.15) is 13.2 Å². The van der Waals surface area contributed by atoms with E-state index >= 15 is 0 Å². The summed E-state index contributed by atoms with van der Waals surface area (Å²) < 4.78 is 39.0. The lowest BCUT2D eigenvalue weighted by Crippen LogP contribution is -2.37. The number of rotatable bonds is 4. The molecular weight excluding hydrogens is 259 g/mol. The summed E-state index contributed by atoms with van der Waals surface area (Å²) in [6.45, 7) is 2.65. The van der Waals surface area contributed by atoms with Gasteiger partial charge in [-0.15, -0.1) is 0 Å². The van der Waals surface area contributed by atoms with Crippen LogP contribution >= 0.6 is 0 Å².